The normalized spacial score (nSPS) is 22.6. The Balaban J connectivity index is 1.64. The maximum absolute atomic E-state index is 12.2. The predicted octanol–water partition coefficient (Wildman–Crippen LogP) is 3.10. The van der Waals surface area contributed by atoms with Gasteiger partial charge in [0.15, 0.2) is 0 Å². The van der Waals surface area contributed by atoms with Crippen molar-refractivity contribution in [3.63, 3.8) is 0 Å². The molecule has 1 aromatic heterocycles. The van der Waals surface area contributed by atoms with Crippen LogP contribution in [0.4, 0.5) is 0 Å². The SMILES string of the molecule is O=C(c1ccc(Cl)s1)N1CCC2(CC1)OCCS2. The fourth-order valence-corrected chi connectivity index (χ4v) is 4.61. The second kappa shape index (κ2) is 5.04. The van der Waals surface area contributed by atoms with Crippen molar-refractivity contribution in [1.29, 1.82) is 0 Å². The van der Waals surface area contributed by atoms with E-state index in [9.17, 15) is 4.79 Å². The standard InChI is InChI=1S/C12H14ClNO2S2/c13-10-2-1-9(18-10)11(15)14-5-3-12(4-6-14)16-7-8-17-12/h1-2H,3-8H2. The summed E-state index contributed by atoms with van der Waals surface area (Å²) in [5, 5.41) is 0. The van der Waals surface area contributed by atoms with Gasteiger partial charge in [0.05, 0.1) is 15.8 Å². The number of halogens is 1. The molecule has 0 bridgehead atoms. The molecule has 98 valence electrons. The van der Waals surface area contributed by atoms with Gasteiger partial charge in [0.25, 0.3) is 5.91 Å². The summed E-state index contributed by atoms with van der Waals surface area (Å²) in [6.45, 7) is 2.40. The minimum atomic E-state index is -0.0100. The van der Waals surface area contributed by atoms with Gasteiger partial charge in [-0.05, 0) is 12.1 Å². The molecule has 3 nitrogen and oxygen atoms in total. The van der Waals surface area contributed by atoms with Crippen LogP contribution in [0.2, 0.25) is 4.34 Å². The van der Waals surface area contributed by atoms with Crippen LogP contribution in [0.25, 0.3) is 0 Å². The number of carbonyl (C=O) groups excluding carboxylic acids is 1. The van der Waals surface area contributed by atoms with Crippen LogP contribution >= 0.6 is 34.7 Å². The van der Waals surface area contributed by atoms with Crippen LogP contribution in [0, 0.1) is 0 Å². The molecule has 0 unspecified atom stereocenters. The van der Waals surface area contributed by atoms with E-state index in [2.05, 4.69) is 0 Å². The number of thiophene rings is 1. The molecule has 0 radical (unpaired) electrons. The van der Waals surface area contributed by atoms with Crippen LogP contribution < -0.4 is 0 Å². The quantitative estimate of drug-likeness (QED) is 0.798. The van der Waals surface area contributed by atoms with Crippen LogP contribution in [0.3, 0.4) is 0 Å². The first-order chi connectivity index (χ1) is 8.69. The highest BCUT2D eigenvalue weighted by atomic mass is 35.5. The second-order valence-corrected chi connectivity index (χ2v) is 7.66. The van der Waals surface area contributed by atoms with Crippen molar-refractivity contribution < 1.29 is 9.53 Å². The molecule has 2 aliphatic heterocycles. The number of nitrogens with zero attached hydrogens (tertiary/aromatic N) is 1. The van der Waals surface area contributed by atoms with Crippen molar-refractivity contribution >= 4 is 40.6 Å². The van der Waals surface area contributed by atoms with E-state index in [1.165, 1.54) is 11.3 Å². The Morgan fingerprint density at radius 3 is 2.72 bits per heavy atom. The third-order valence-electron chi connectivity index (χ3n) is 3.41. The van der Waals surface area contributed by atoms with Crippen LogP contribution in [0.5, 0.6) is 0 Å². The van der Waals surface area contributed by atoms with Crippen molar-refractivity contribution in [2.45, 2.75) is 17.8 Å². The molecule has 0 aromatic carbocycles. The van der Waals surface area contributed by atoms with Gasteiger partial charge < -0.3 is 9.64 Å². The number of hydrogen-bond donors (Lipinski definition) is 0. The fraction of sp³-hybridized carbons (Fsp3) is 0.583. The number of ether oxygens (including phenoxy) is 1. The van der Waals surface area contributed by atoms with Gasteiger partial charge in [-0.25, -0.2) is 0 Å². The Morgan fingerprint density at radius 1 is 1.39 bits per heavy atom. The summed E-state index contributed by atoms with van der Waals surface area (Å²) in [6.07, 6.45) is 1.87. The Kier molecular flexibility index (Phi) is 3.58. The zero-order chi connectivity index (χ0) is 12.6. The molecular weight excluding hydrogens is 290 g/mol. The molecule has 2 aliphatic rings. The number of thioether (sulfide) groups is 1. The average Bonchev–Trinajstić information content (AvgIpc) is 3.00. The highest BCUT2D eigenvalue weighted by molar-refractivity contribution is 8.00. The summed E-state index contributed by atoms with van der Waals surface area (Å²) in [5.41, 5.74) is 0. The molecule has 0 saturated carbocycles. The molecule has 2 saturated heterocycles. The van der Waals surface area contributed by atoms with Gasteiger partial charge in [-0.2, -0.15) is 0 Å². The molecule has 0 atom stereocenters. The first kappa shape index (κ1) is 12.8. The summed E-state index contributed by atoms with van der Waals surface area (Å²) in [4.78, 5) is 14.9. The highest BCUT2D eigenvalue weighted by Crippen LogP contribution is 2.41. The maximum Gasteiger partial charge on any atom is 0.263 e. The average molecular weight is 304 g/mol. The van der Waals surface area contributed by atoms with Gasteiger partial charge >= 0.3 is 0 Å². The van der Waals surface area contributed by atoms with Crippen molar-refractivity contribution in [2.24, 2.45) is 0 Å². The summed E-state index contributed by atoms with van der Waals surface area (Å²) in [7, 11) is 0. The van der Waals surface area contributed by atoms with E-state index in [1.54, 1.807) is 12.1 Å². The molecule has 18 heavy (non-hydrogen) atoms. The lowest BCUT2D eigenvalue weighted by molar-refractivity contribution is 0.00366. The first-order valence-electron chi connectivity index (χ1n) is 6.01. The number of amides is 1. The Bertz CT molecular complexity index is 447. The largest absolute Gasteiger partial charge is 0.363 e. The van der Waals surface area contributed by atoms with Crippen LogP contribution in [0.1, 0.15) is 22.5 Å². The monoisotopic (exact) mass is 303 g/mol. The van der Waals surface area contributed by atoms with E-state index in [1.807, 2.05) is 16.7 Å². The van der Waals surface area contributed by atoms with E-state index in [-0.39, 0.29) is 10.8 Å². The smallest absolute Gasteiger partial charge is 0.263 e. The fourth-order valence-electron chi connectivity index (χ4n) is 2.42. The Morgan fingerprint density at radius 2 is 2.17 bits per heavy atom. The van der Waals surface area contributed by atoms with E-state index < -0.39 is 0 Å². The zero-order valence-electron chi connectivity index (χ0n) is 9.86. The Hall–Kier alpha value is -0.230. The molecule has 3 rings (SSSR count). The lowest BCUT2D eigenvalue weighted by Crippen LogP contribution is -2.44. The van der Waals surface area contributed by atoms with E-state index in [0.29, 0.717) is 4.34 Å². The number of carbonyl (C=O) groups is 1. The van der Waals surface area contributed by atoms with Crippen LogP contribution in [-0.4, -0.2) is 41.2 Å². The first-order valence-corrected chi connectivity index (χ1v) is 8.19. The Labute approximate surface area is 119 Å². The number of likely N-dealkylation sites (tertiary alicyclic amines) is 1. The van der Waals surface area contributed by atoms with Crippen LogP contribution in [-0.2, 0) is 4.74 Å². The number of hydrogen-bond acceptors (Lipinski definition) is 4. The summed E-state index contributed by atoms with van der Waals surface area (Å²) in [6, 6.07) is 3.58. The molecule has 2 fully saturated rings. The lowest BCUT2D eigenvalue weighted by atomic mass is 10.1. The van der Waals surface area contributed by atoms with Gasteiger partial charge in [-0.1, -0.05) is 11.6 Å². The van der Waals surface area contributed by atoms with Crippen molar-refractivity contribution in [3.05, 3.63) is 21.3 Å². The third kappa shape index (κ3) is 2.41. The molecule has 1 spiro atoms. The molecule has 1 amide bonds. The highest BCUT2D eigenvalue weighted by Gasteiger charge is 2.40. The maximum atomic E-state index is 12.2. The topological polar surface area (TPSA) is 29.5 Å². The van der Waals surface area contributed by atoms with Gasteiger partial charge in [0, 0.05) is 31.7 Å². The molecule has 0 aliphatic carbocycles. The number of rotatable bonds is 1. The van der Waals surface area contributed by atoms with Crippen molar-refractivity contribution in [1.82, 2.24) is 4.90 Å². The van der Waals surface area contributed by atoms with E-state index >= 15 is 0 Å². The van der Waals surface area contributed by atoms with Crippen molar-refractivity contribution in [3.8, 4) is 0 Å². The van der Waals surface area contributed by atoms with Crippen LogP contribution in [0.15, 0.2) is 12.1 Å². The molecule has 1 aromatic rings. The predicted molar refractivity (Wildman–Crippen MR) is 75.6 cm³/mol. The molecule has 6 heteroatoms. The van der Waals surface area contributed by atoms with E-state index in [0.717, 1.165) is 43.2 Å². The third-order valence-corrected chi connectivity index (χ3v) is 6.05. The zero-order valence-corrected chi connectivity index (χ0v) is 12.2. The van der Waals surface area contributed by atoms with Gasteiger partial charge in [-0.15, -0.1) is 23.1 Å². The molecule has 3 heterocycles. The summed E-state index contributed by atoms with van der Waals surface area (Å²) < 4.78 is 6.49. The lowest BCUT2D eigenvalue weighted by Gasteiger charge is -2.37. The van der Waals surface area contributed by atoms with Gasteiger partial charge in [-0.3, -0.25) is 4.79 Å². The second-order valence-electron chi connectivity index (χ2n) is 4.50. The molecule has 0 N–H and O–H groups in total. The minimum Gasteiger partial charge on any atom is -0.363 e. The van der Waals surface area contributed by atoms with Crippen molar-refractivity contribution in [2.75, 3.05) is 25.4 Å². The van der Waals surface area contributed by atoms with Gasteiger partial charge in [0.2, 0.25) is 0 Å². The van der Waals surface area contributed by atoms with E-state index in [4.69, 9.17) is 16.3 Å². The number of piperidine rings is 1. The minimum absolute atomic E-state index is 0.0100. The summed E-state index contributed by atoms with van der Waals surface area (Å²) in [5.74, 6) is 1.18. The molecular formula is C12H14ClNO2S2. The van der Waals surface area contributed by atoms with Gasteiger partial charge in [0.1, 0.15) is 4.93 Å². The summed E-state index contributed by atoms with van der Waals surface area (Å²) >= 11 is 9.12.